The summed E-state index contributed by atoms with van der Waals surface area (Å²) in [5.41, 5.74) is 6.29. The molecule has 4 heteroatoms. The zero-order valence-electron chi connectivity index (χ0n) is 22.6. The van der Waals surface area contributed by atoms with E-state index < -0.39 is 0 Å². The Morgan fingerprint density at radius 3 is 2.03 bits per heavy atom. The van der Waals surface area contributed by atoms with Crippen LogP contribution in [-0.2, 0) is 0 Å². The van der Waals surface area contributed by atoms with E-state index in [1.807, 2.05) is 68.5 Å². The Hall–Kier alpha value is -3.58. The van der Waals surface area contributed by atoms with Crippen molar-refractivity contribution in [2.45, 2.75) is 66.7 Å². The Bertz CT molecular complexity index is 1100. The molecule has 36 heavy (non-hydrogen) atoms. The quantitative estimate of drug-likeness (QED) is 0.313. The molecule has 0 bridgehead atoms. The van der Waals surface area contributed by atoms with Crippen molar-refractivity contribution >= 4 is 17.2 Å². The summed E-state index contributed by atoms with van der Waals surface area (Å²) in [4.78, 5) is 14.7. The van der Waals surface area contributed by atoms with Gasteiger partial charge in [0.15, 0.2) is 0 Å². The van der Waals surface area contributed by atoms with Crippen LogP contribution in [0.2, 0.25) is 0 Å². The molecule has 0 aliphatic heterocycles. The average Bonchev–Trinajstić information content (AvgIpc) is 2.89. The Morgan fingerprint density at radius 1 is 0.972 bits per heavy atom. The fourth-order valence-corrected chi connectivity index (χ4v) is 4.44. The molecule has 0 saturated carbocycles. The smallest absolute Gasteiger partial charge is 0.251 e. The van der Waals surface area contributed by atoms with Gasteiger partial charge in [0.05, 0.1) is 11.6 Å². The molecule has 0 heterocycles. The summed E-state index contributed by atoms with van der Waals surface area (Å²) in [5.74, 6) is 0.675. The number of allylic oxidation sites excluding steroid dienone is 3. The molecular formula is C32H41N3O. The summed E-state index contributed by atoms with van der Waals surface area (Å²) >= 11 is 0. The van der Waals surface area contributed by atoms with Gasteiger partial charge in [0, 0.05) is 29.7 Å². The van der Waals surface area contributed by atoms with Gasteiger partial charge in [-0.1, -0.05) is 76.5 Å². The lowest BCUT2D eigenvalue weighted by Gasteiger charge is -2.25. The lowest BCUT2D eigenvalue weighted by atomic mass is 9.95. The largest absolute Gasteiger partial charge is 0.352 e. The lowest BCUT2D eigenvalue weighted by molar-refractivity contribution is 0.0951. The number of rotatable bonds is 13. The van der Waals surface area contributed by atoms with Gasteiger partial charge in [0.2, 0.25) is 0 Å². The number of nitriles is 1. The van der Waals surface area contributed by atoms with Crippen molar-refractivity contribution in [3.8, 4) is 6.07 Å². The van der Waals surface area contributed by atoms with Crippen LogP contribution in [0.15, 0.2) is 73.1 Å². The molecule has 0 spiro atoms. The predicted octanol–water partition coefficient (Wildman–Crippen LogP) is 8.15. The molecule has 2 rings (SSSR count). The number of carbonyl (C=O) groups is 1. The van der Waals surface area contributed by atoms with Gasteiger partial charge in [-0.25, -0.2) is 0 Å². The third kappa shape index (κ3) is 8.27. The van der Waals surface area contributed by atoms with E-state index in [1.54, 1.807) is 0 Å². The minimum Gasteiger partial charge on any atom is -0.352 e. The van der Waals surface area contributed by atoms with Crippen molar-refractivity contribution < 1.29 is 4.79 Å². The predicted molar refractivity (Wildman–Crippen MR) is 152 cm³/mol. The fraction of sp³-hybridized carbons (Fsp3) is 0.375. The Balaban J connectivity index is 2.12. The molecule has 2 aromatic rings. The van der Waals surface area contributed by atoms with Crippen LogP contribution in [0.4, 0.5) is 0 Å². The second-order valence-corrected chi connectivity index (χ2v) is 9.35. The average molecular weight is 484 g/mol. The van der Waals surface area contributed by atoms with Gasteiger partial charge < -0.3 is 10.2 Å². The second-order valence-electron chi connectivity index (χ2n) is 9.35. The van der Waals surface area contributed by atoms with Crippen molar-refractivity contribution in [2.24, 2.45) is 5.92 Å². The van der Waals surface area contributed by atoms with E-state index in [1.165, 1.54) is 25.7 Å². The number of nitrogens with zero attached hydrogens (tertiary/aromatic N) is 2. The highest BCUT2D eigenvalue weighted by Gasteiger charge is 2.13. The van der Waals surface area contributed by atoms with Gasteiger partial charge in [-0.05, 0) is 74.1 Å². The van der Waals surface area contributed by atoms with E-state index in [0.717, 1.165) is 41.1 Å². The molecule has 0 unspecified atom stereocenters. The molecule has 1 amide bonds. The van der Waals surface area contributed by atoms with E-state index in [2.05, 4.69) is 49.8 Å². The van der Waals surface area contributed by atoms with E-state index >= 15 is 0 Å². The summed E-state index contributed by atoms with van der Waals surface area (Å²) in [6.07, 6.45) is 9.98. The first kappa shape index (κ1) is 28.7. The minimum atomic E-state index is -0.0180. The first-order chi connectivity index (χ1) is 17.3. The number of carbonyl (C=O) groups excluding carboxylic acids is 1. The van der Waals surface area contributed by atoms with Crippen molar-refractivity contribution in [1.82, 2.24) is 10.2 Å². The highest BCUT2D eigenvalue weighted by molar-refractivity contribution is 5.94. The minimum absolute atomic E-state index is 0.0180. The van der Waals surface area contributed by atoms with Crippen molar-refractivity contribution in [2.75, 3.05) is 6.54 Å². The molecular weight excluding hydrogens is 442 g/mol. The maximum atomic E-state index is 12.6. The standard InChI is InChI=1S/C32H41N3O/c1-7-10-26(11-8-2)20-21-34-32(36)30-18-16-28(17-19-30)25(6)23-35(24(4)5)31(9-3)29-14-12-27(22-33)13-15-29/h9,12-19,23,26H,4,7-8,10-11,20-21H2,1-3,5-6H3,(H,34,36). The second kappa shape index (κ2) is 14.7. The van der Waals surface area contributed by atoms with Crippen LogP contribution in [0, 0.1) is 17.2 Å². The highest BCUT2D eigenvalue weighted by Crippen LogP contribution is 2.27. The molecule has 0 aromatic heterocycles. The molecule has 0 saturated heterocycles. The molecule has 0 aliphatic carbocycles. The molecule has 190 valence electrons. The number of hydrogen-bond acceptors (Lipinski definition) is 3. The van der Waals surface area contributed by atoms with E-state index in [9.17, 15) is 4.79 Å². The van der Waals surface area contributed by atoms with Gasteiger partial charge in [-0.2, -0.15) is 5.26 Å². The van der Waals surface area contributed by atoms with E-state index in [-0.39, 0.29) is 5.91 Å². The third-order valence-electron chi connectivity index (χ3n) is 6.41. The maximum absolute atomic E-state index is 12.6. The molecule has 4 nitrogen and oxygen atoms in total. The molecule has 1 N–H and O–H groups in total. The number of amides is 1. The summed E-state index contributed by atoms with van der Waals surface area (Å²) in [6.45, 7) is 15.4. The zero-order valence-corrected chi connectivity index (χ0v) is 22.6. The summed E-state index contributed by atoms with van der Waals surface area (Å²) < 4.78 is 0. The van der Waals surface area contributed by atoms with Crippen LogP contribution in [0.3, 0.4) is 0 Å². The first-order valence-electron chi connectivity index (χ1n) is 13.0. The van der Waals surface area contributed by atoms with Crippen molar-refractivity contribution in [3.05, 3.63) is 95.3 Å². The monoisotopic (exact) mass is 483 g/mol. The van der Waals surface area contributed by atoms with Gasteiger partial charge in [-0.3, -0.25) is 4.79 Å². The SMILES string of the molecule is C=C(C)N(C=C(C)c1ccc(C(=O)NCCC(CCC)CCC)cc1)C(=CC)c1ccc(C#N)cc1. The fourth-order valence-electron chi connectivity index (χ4n) is 4.44. The Labute approximate surface area is 218 Å². The third-order valence-corrected chi connectivity index (χ3v) is 6.41. The summed E-state index contributed by atoms with van der Waals surface area (Å²) in [7, 11) is 0. The van der Waals surface area contributed by atoms with E-state index in [4.69, 9.17) is 5.26 Å². The lowest BCUT2D eigenvalue weighted by Crippen LogP contribution is -2.26. The Kier molecular flexibility index (Phi) is 11.7. The maximum Gasteiger partial charge on any atom is 0.251 e. The van der Waals surface area contributed by atoms with Crippen LogP contribution < -0.4 is 5.32 Å². The van der Waals surface area contributed by atoms with Gasteiger partial charge in [0.25, 0.3) is 5.91 Å². The van der Waals surface area contributed by atoms with E-state index in [0.29, 0.717) is 17.0 Å². The van der Waals surface area contributed by atoms with Crippen LogP contribution in [-0.4, -0.2) is 17.4 Å². The van der Waals surface area contributed by atoms with Crippen molar-refractivity contribution in [3.63, 3.8) is 0 Å². The van der Waals surface area contributed by atoms with Gasteiger partial charge >= 0.3 is 0 Å². The molecule has 0 fully saturated rings. The number of hydrogen-bond donors (Lipinski definition) is 1. The highest BCUT2D eigenvalue weighted by atomic mass is 16.1. The topological polar surface area (TPSA) is 56.1 Å². The van der Waals surface area contributed by atoms with Crippen LogP contribution in [0.1, 0.15) is 93.8 Å². The molecule has 0 radical (unpaired) electrons. The zero-order chi connectivity index (χ0) is 26.5. The van der Waals surface area contributed by atoms with Crippen molar-refractivity contribution in [1.29, 1.82) is 5.26 Å². The van der Waals surface area contributed by atoms with Crippen LogP contribution in [0.5, 0.6) is 0 Å². The van der Waals surface area contributed by atoms with Crippen LogP contribution in [0.25, 0.3) is 11.3 Å². The van der Waals surface area contributed by atoms with Gasteiger partial charge in [-0.15, -0.1) is 0 Å². The van der Waals surface area contributed by atoms with Gasteiger partial charge in [0.1, 0.15) is 0 Å². The van der Waals surface area contributed by atoms with Crippen LogP contribution >= 0.6 is 0 Å². The summed E-state index contributed by atoms with van der Waals surface area (Å²) in [5, 5.41) is 12.2. The normalized spacial score (nSPS) is 11.8. The first-order valence-corrected chi connectivity index (χ1v) is 13.0. The Morgan fingerprint density at radius 2 is 1.53 bits per heavy atom. The summed E-state index contributed by atoms with van der Waals surface area (Å²) in [6, 6.07) is 17.5. The number of benzene rings is 2. The molecule has 2 aromatic carbocycles. The number of nitrogens with one attached hydrogen (secondary N) is 1. The molecule has 0 aliphatic rings. The molecule has 0 atom stereocenters.